The van der Waals surface area contributed by atoms with E-state index in [1.165, 1.54) is 11.3 Å². The molecule has 1 aromatic rings. The van der Waals surface area contributed by atoms with Gasteiger partial charge in [0.2, 0.25) is 0 Å². The molecule has 0 fully saturated rings. The van der Waals surface area contributed by atoms with Crippen LogP contribution in [0.4, 0.5) is 13.2 Å². The van der Waals surface area contributed by atoms with E-state index in [1.54, 1.807) is 11.4 Å². The molecule has 2 N–H and O–H groups in total. The van der Waals surface area contributed by atoms with Gasteiger partial charge in [-0.25, -0.2) is 0 Å². The van der Waals surface area contributed by atoms with E-state index in [0.29, 0.717) is 9.90 Å². The molecule has 0 spiro atoms. The second kappa shape index (κ2) is 5.94. The Labute approximate surface area is 101 Å². The molecule has 88 valence electrons. The number of alkyl halides is 3. The van der Waals surface area contributed by atoms with Crippen LogP contribution >= 0.6 is 35.3 Å². The third kappa shape index (κ3) is 5.06. The normalized spacial score (nSPS) is 13.4. The van der Waals surface area contributed by atoms with Gasteiger partial charge in [-0.15, -0.1) is 23.7 Å². The fraction of sp³-hybridized carbons (Fsp3) is 0.500. The Bertz CT molecular complexity index is 300. The van der Waals surface area contributed by atoms with Crippen molar-refractivity contribution < 1.29 is 13.2 Å². The van der Waals surface area contributed by atoms with Crippen molar-refractivity contribution >= 4 is 35.3 Å². The van der Waals surface area contributed by atoms with Gasteiger partial charge in [0.25, 0.3) is 0 Å². The van der Waals surface area contributed by atoms with Crippen LogP contribution in [0.15, 0.2) is 11.4 Å². The molecule has 0 saturated heterocycles. The summed E-state index contributed by atoms with van der Waals surface area (Å²) in [5.74, 6) is 0. The van der Waals surface area contributed by atoms with E-state index in [0.717, 1.165) is 0 Å². The first-order valence-electron chi connectivity index (χ1n) is 3.95. The number of nitrogens with two attached hydrogens (primary N) is 1. The van der Waals surface area contributed by atoms with Gasteiger partial charge in [-0.05, 0) is 17.9 Å². The van der Waals surface area contributed by atoms with Crippen molar-refractivity contribution in [3.8, 4) is 0 Å². The smallest absolute Gasteiger partial charge is 0.323 e. The summed E-state index contributed by atoms with van der Waals surface area (Å²) in [4.78, 5) is 0.621. The highest BCUT2D eigenvalue weighted by Crippen LogP contribution is 2.32. The molecule has 1 nitrogen and oxygen atoms in total. The number of hydrogen-bond acceptors (Lipinski definition) is 2. The molecule has 1 rings (SSSR count). The fourth-order valence-corrected chi connectivity index (χ4v) is 2.26. The summed E-state index contributed by atoms with van der Waals surface area (Å²) in [5.41, 5.74) is 5.57. The third-order valence-corrected chi connectivity index (χ3v) is 3.21. The lowest BCUT2D eigenvalue weighted by molar-refractivity contribution is -0.136. The van der Waals surface area contributed by atoms with Crippen LogP contribution < -0.4 is 5.73 Å². The van der Waals surface area contributed by atoms with Gasteiger partial charge in [0.15, 0.2) is 0 Å². The molecule has 0 bridgehead atoms. The van der Waals surface area contributed by atoms with Gasteiger partial charge < -0.3 is 5.73 Å². The molecule has 0 aliphatic carbocycles. The Morgan fingerprint density at radius 1 is 1.47 bits per heavy atom. The molecule has 0 aliphatic heterocycles. The van der Waals surface area contributed by atoms with E-state index >= 15 is 0 Å². The van der Waals surface area contributed by atoms with E-state index < -0.39 is 18.6 Å². The number of hydrogen-bond donors (Lipinski definition) is 1. The second-order valence-electron chi connectivity index (χ2n) is 2.89. The molecule has 0 unspecified atom stereocenters. The molecule has 0 amide bonds. The Morgan fingerprint density at radius 3 is 2.47 bits per heavy atom. The van der Waals surface area contributed by atoms with Crippen LogP contribution in [0.1, 0.15) is 23.8 Å². The number of rotatable bonds is 3. The number of halogens is 5. The average molecular weight is 280 g/mol. The maximum atomic E-state index is 11.9. The van der Waals surface area contributed by atoms with Crippen molar-refractivity contribution in [2.24, 2.45) is 5.73 Å². The average Bonchev–Trinajstić information content (AvgIpc) is 2.46. The molecular weight excluding hydrogens is 270 g/mol. The van der Waals surface area contributed by atoms with E-state index in [1.807, 2.05) is 0 Å². The molecule has 7 heteroatoms. The van der Waals surface area contributed by atoms with Crippen LogP contribution in [0.3, 0.4) is 0 Å². The zero-order chi connectivity index (χ0) is 10.8. The largest absolute Gasteiger partial charge is 0.389 e. The summed E-state index contributed by atoms with van der Waals surface area (Å²) < 4.78 is 35.6. The highest BCUT2D eigenvalue weighted by Gasteiger charge is 2.28. The van der Waals surface area contributed by atoms with E-state index in [2.05, 4.69) is 0 Å². The van der Waals surface area contributed by atoms with E-state index in [4.69, 9.17) is 17.3 Å². The Balaban J connectivity index is 0.00000196. The van der Waals surface area contributed by atoms with Crippen LogP contribution in [0.5, 0.6) is 0 Å². The molecule has 0 radical (unpaired) electrons. The van der Waals surface area contributed by atoms with E-state index in [9.17, 15) is 13.2 Å². The molecule has 1 heterocycles. The molecule has 15 heavy (non-hydrogen) atoms. The first kappa shape index (κ1) is 15.0. The van der Waals surface area contributed by atoms with Crippen LogP contribution in [-0.2, 0) is 0 Å². The Kier molecular flexibility index (Phi) is 5.95. The van der Waals surface area contributed by atoms with Crippen molar-refractivity contribution in [3.05, 3.63) is 21.3 Å². The SMILES string of the molecule is Cl.N[C@@H](CCC(F)(F)F)c1sccc1Cl. The maximum absolute atomic E-state index is 11.9. The number of thiophene rings is 1. The first-order chi connectivity index (χ1) is 6.40. The molecule has 1 aromatic heterocycles. The lowest BCUT2D eigenvalue weighted by Crippen LogP contribution is -2.15. The molecule has 0 aromatic carbocycles. The minimum atomic E-state index is -4.15. The van der Waals surface area contributed by atoms with Gasteiger partial charge in [0.05, 0.1) is 5.02 Å². The van der Waals surface area contributed by atoms with Crippen molar-refractivity contribution in [2.45, 2.75) is 25.1 Å². The van der Waals surface area contributed by atoms with Crippen LogP contribution in [-0.4, -0.2) is 6.18 Å². The van der Waals surface area contributed by atoms with Crippen molar-refractivity contribution in [1.82, 2.24) is 0 Å². The van der Waals surface area contributed by atoms with Crippen LogP contribution in [0.2, 0.25) is 5.02 Å². The van der Waals surface area contributed by atoms with E-state index in [-0.39, 0.29) is 18.8 Å². The minimum absolute atomic E-state index is 0. The summed E-state index contributed by atoms with van der Waals surface area (Å²) in [5, 5.41) is 2.16. The quantitative estimate of drug-likeness (QED) is 0.883. The molecule has 0 saturated carbocycles. The van der Waals surface area contributed by atoms with Gasteiger partial charge in [-0.3, -0.25) is 0 Å². The Morgan fingerprint density at radius 2 is 2.07 bits per heavy atom. The predicted octanol–water partition coefficient (Wildman–Crippen LogP) is 4.17. The topological polar surface area (TPSA) is 26.0 Å². The van der Waals surface area contributed by atoms with Gasteiger partial charge in [0.1, 0.15) is 0 Å². The monoisotopic (exact) mass is 279 g/mol. The molecule has 1 atom stereocenters. The van der Waals surface area contributed by atoms with Gasteiger partial charge in [-0.1, -0.05) is 11.6 Å². The van der Waals surface area contributed by atoms with Crippen molar-refractivity contribution in [1.29, 1.82) is 0 Å². The minimum Gasteiger partial charge on any atom is -0.323 e. The zero-order valence-corrected chi connectivity index (χ0v) is 9.94. The Hall–Kier alpha value is 0.0300. The fourth-order valence-electron chi connectivity index (χ4n) is 1.02. The lowest BCUT2D eigenvalue weighted by atomic mass is 10.1. The summed E-state index contributed by atoms with van der Waals surface area (Å²) in [6, 6.07) is 1.01. The van der Waals surface area contributed by atoms with Gasteiger partial charge in [-0.2, -0.15) is 13.2 Å². The van der Waals surface area contributed by atoms with Crippen molar-refractivity contribution in [2.75, 3.05) is 0 Å². The summed E-state index contributed by atoms with van der Waals surface area (Å²) in [6.45, 7) is 0. The standard InChI is InChI=1S/C8H9ClF3NS.ClH/c9-5-2-4-14-7(5)6(13)1-3-8(10,11)12;/h2,4,6H,1,3,13H2;1H/t6-;/m0./s1. The second-order valence-corrected chi connectivity index (χ2v) is 4.25. The van der Waals surface area contributed by atoms with Gasteiger partial charge in [0, 0.05) is 17.3 Å². The first-order valence-corrected chi connectivity index (χ1v) is 5.21. The van der Waals surface area contributed by atoms with Crippen LogP contribution in [0.25, 0.3) is 0 Å². The maximum Gasteiger partial charge on any atom is 0.389 e. The summed E-state index contributed by atoms with van der Waals surface area (Å²) in [7, 11) is 0. The lowest BCUT2D eigenvalue weighted by Gasteiger charge is -2.11. The highest BCUT2D eigenvalue weighted by atomic mass is 35.5. The van der Waals surface area contributed by atoms with Gasteiger partial charge >= 0.3 is 6.18 Å². The van der Waals surface area contributed by atoms with Crippen LogP contribution in [0, 0.1) is 0 Å². The van der Waals surface area contributed by atoms with Crippen molar-refractivity contribution in [3.63, 3.8) is 0 Å². The third-order valence-electron chi connectivity index (χ3n) is 1.72. The molecule has 0 aliphatic rings. The summed E-state index contributed by atoms with van der Waals surface area (Å²) in [6.07, 6.45) is -5.15. The summed E-state index contributed by atoms with van der Waals surface area (Å²) >= 11 is 7.02. The highest BCUT2D eigenvalue weighted by molar-refractivity contribution is 7.10. The zero-order valence-electron chi connectivity index (χ0n) is 7.55. The molecular formula is C8H10Cl2F3NS. The predicted molar refractivity (Wildman–Crippen MR) is 58.8 cm³/mol.